The molecule has 1 aromatic rings. The molecular formula is C11H21N3O. The number of nitrogens with zero attached hydrogens (tertiary/aromatic N) is 3. The van der Waals surface area contributed by atoms with Gasteiger partial charge in [0.2, 0.25) is 0 Å². The molecule has 1 rings (SSSR count). The van der Waals surface area contributed by atoms with Crippen molar-refractivity contribution in [2.24, 2.45) is 5.41 Å². The third-order valence-electron chi connectivity index (χ3n) is 2.95. The van der Waals surface area contributed by atoms with Crippen molar-refractivity contribution in [3.8, 4) is 0 Å². The van der Waals surface area contributed by atoms with Crippen molar-refractivity contribution in [2.45, 2.75) is 46.6 Å². The summed E-state index contributed by atoms with van der Waals surface area (Å²) in [5, 5.41) is 13.5. The lowest BCUT2D eigenvalue weighted by Gasteiger charge is -2.24. The van der Waals surface area contributed by atoms with Crippen LogP contribution in [0.2, 0.25) is 0 Å². The molecule has 0 radical (unpaired) electrons. The zero-order valence-electron chi connectivity index (χ0n) is 9.90. The van der Waals surface area contributed by atoms with Gasteiger partial charge in [-0.15, -0.1) is 0 Å². The minimum Gasteiger partial charge on any atom is -0.396 e. The molecule has 0 amide bonds. The second-order valence-electron chi connectivity index (χ2n) is 4.40. The Hall–Kier alpha value is -0.900. The molecule has 1 atom stereocenters. The van der Waals surface area contributed by atoms with E-state index in [0.29, 0.717) is 0 Å². The molecule has 1 aromatic heterocycles. The van der Waals surface area contributed by atoms with Gasteiger partial charge in [-0.25, -0.2) is 4.98 Å². The van der Waals surface area contributed by atoms with Crippen LogP contribution in [0.1, 0.15) is 39.4 Å². The smallest absolute Gasteiger partial charge is 0.138 e. The van der Waals surface area contributed by atoms with Crippen LogP contribution in [-0.2, 0) is 13.0 Å². The Kier molecular flexibility index (Phi) is 4.27. The highest BCUT2D eigenvalue weighted by molar-refractivity contribution is 4.91. The fourth-order valence-electron chi connectivity index (χ4n) is 1.50. The minimum atomic E-state index is -0.0709. The van der Waals surface area contributed by atoms with Crippen LogP contribution >= 0.6 is 0 Å². The van der Waals surface area contributed by atoms with E-state index in [0.717, 1.165) is 31.6 Å². The van der Waals surface area contributed by atoms with E-state index in [2.05, 4.69) is 30.9 Å². The van der Waals surface area contributed by atoms with Crippen molar-refractivity contribution in [1.29, 1.82) is 0 Å². The summed E-state index contributed by atoms with van der Waals surface area (Å²) in [4.78, 5) is 4.26. The summed E-state index contributed by atoms with van der Waals surface area (Å²) in [7, 11) is 0. The number of aliphatic hydroxyl groups is 1. The van der Waals surface area contributed by atoms with Gasteiger partial charge in [0, 0.05) is 19.6 Å². The fourth-order valence-corrected chi connectivity index (χ4v) is 1.50. The van der Waals surface area contributed by atoms with Crippen molar-refractivity contribution in [2.75, 3.05) is 6.61 Å². The quantitative estimate of drug-likeness (QED) is 0.778. The summed E-state index contributed by atoms with van der Waals surface area (Å²) in [5.41, 5.74) is -0.0709. The van der Waals surface area contributed by atoms with E-state index in [4.69, 9.17) is 0 Å². The molecule has 4 heteroatoms. The minimum absolute atomic E-state index is 0.0709. The Morgan fingerprint density at radius 3 is 2.73 bits per heavy atom. The van der Waals surface area contributed by atoms with Gasteiger partial charge in [-0.2, -0.15) is 5.10 Å². The van der Waals surface area contributed by atoms with Crippen LogP contribution in [0.15, 0.2) is 6.33 Å². The summed E-state index contributed by atoms with van der Waals surface area (Å²) in [6.07, 6.45) is 4.39. The van der Waals surface area contributed by atoms with Gasteiger partial charge in [-0.3, -0.25) is 4.68 Å². The summed E-state index contributed by atoms with van der Waals surface area (Å²) in [6, 6.07) is 0. The first-order chi connectivity index (χ1) is 7.15. The Morgan fingerprint density at radius 2 is 2.20 bits per heavy atom. The Morgan fingerprint density at radius 1 is 1.47 bits per heavy atom. The van der Waals surface area contributed by atoms with E-state index in [1.165, 1.54) is 0 Å². The van der Waals surface area contributed by atoms with Gasteiger partial charge in [0.05, 0.1) is 0 Å². The molecule has 1 N–H and O–H groups in total. The predicted molar refractivity (Wildman–Crippen MR) is 59.5 cm³/mol. The molecule has 86 valence electrons. The highest BCUT2D eigenvalue weighted by Crippen LogP contribution is 2.24. The van der Waals surface area contributed by atoms with Crippen LogP contribution in [0.3, 0.4) is 0 Å². The van der Waals surface area contributed by atoms with Gasteiger partial charge >= 0.3 is 0 Å². The van der Waals surface area contributed by atoms with E-state index < -0.39 is 0 Å². The maximum atomic E-state index is 9.35. The Labute approximate surface area is 91.3 Å². The zero-order chi connectivity index (χ0) is 11.3. The van der Waals surface area contributed by atoms with Crippen LogP contribution in [0, 0.1) is 5.41 Å². The highest BCUT2D eigenvalue weighted by Gasteiger charge is 2.24. The molecule has 0 saturated carbocycles. The lowest BCUT2D eigenvalue weighted by Crippen LogP contribution is -2.25. The zero-order valence-corrected chi connectivity index (χ0v) is 9.90. The number of hydrogen-bond acceptors (Lipinski definition) is 3. The largest absolute Gasteiger partial charge is 0.396 e. The standard InChI is InChI=1S/C11H21N3O/c1-4-6-14-10(12-9-13-14)7-11(3,5-2)8-15/h9,15H,4-8H2,1-3H3. The number of aromatic nitrogens is 3. The number of hydrogen-bond donors (Lipinski definition) is 1. The van der Waals surface area contributed by atoms with Crippen molar-refractivity contribution in [3.63, 3.8) is 0 Å². The third-order valence-corrected chi connectivity index (χ3v) is 2.95. The lowest BCUT2D eigenvalue weighted by molar-refractivity contribution is 0.134. The summed E-state index contributed by atoms with van der Waals surface area (Å²) in [5.74, 6) is 0.982. The van der Waals surface area contributed by atoms with E-state index in [9.17, 15) is 5.11 Å². The third kappa shape index (κ3) is 3.02. The molecule has 1 heterocycles. The average molecular weight is 211 g/mol. The van der Waals surface area contributed by atoms with Crippen molar-refractivity contribution in [1.82, 2.24) is 14.8 Å². The molecule has 0 aliphatic carbocycles. The molecule has 0 aromatic carbocycles. The summed E-state index contributed by atoms with van der Waals surface area (Å²) in [6.45, 7) is 7.40. The number of aryl methyl sites for hydroxylation is 1. The van der Waals surface area contributed by atoms with Crippen molar-refractivity contribution < 1.29 is 5.11 Å². The van der Waals surface area contributed by atoms with Crippen LogP contribution in [-0.4, -0.2) is 26.5 Å². The van der Waals surface area contributed by atoms with Crippen molar-refractivity contribution >= 4 is 0 Å². The first-order valence-corrected chi connectivity index (χ1v) is 5.62. The SMILES string of the molecule is CCCn1ncnc1CC(C)(CC)CO. The van der Waals surface area contributed by atoms with Gasteiger partial charge in [-0.05, 0) is 18.3 Å². The molecule has 0 spiro atoms. The van der Waals surface area contributed by atoms with E-state index >= 15 is 0 Å². The molecule has 0 saturated heterocycles. The van der Waals surface area contributed by atoms with E-state index in [1.807, 2.05) is 4.68 Å². The monoisotopic (exact) mass is 211 g/mol. The molecule has 15 heavy (non-hydrogen) atoms. The van der Waals surface area contributed by atoms with Crippen LogP contribution in [0.5, 0.6) is 0 Å². The normalized spacial score (nSPS) is 15.2. The second kappa shape index (κ2) is 5.26. The molecule has 1 unspecified atom stereocenters. The van der Waals surface area contributed by atoms with E-state index in [-0.39, 0.29) is 12.0 Å². The van der Waals surface area contributed by atoms with Crippen LogP contribution in [0.25, 0.3) is 0 Å². The van der Waals surface area contributed by atoms with Gasteiger partial charge in [-0.1, -0.05) is 20.8 Å². The topological polar surface area (TPSA) is 50.9 Å². The molecule has 4 nitrogen and oxygen atoms in total. The number of aliphatic hydroxyl groups excluding tert-OH is 1. The second-order valence-corrected chi connectivity index (χ2v) is 4.40. The van der Waals surface area contributed by atoms with Gasteiger partial charge in [0.1, 0.15) is 12.2 Å². The van der Waals surface area contributed by atoms with Gasteiger partial charge < -0.3 is 5.11 Å². The molecule has 0 aliphatic heterocycles. The highest BCUT2D eigenvalue weighted by atomic mass is 16.3. The maximum Gasteiger partial charge on any atom is 0.138 e. The average Bonchev–Trinajstić information content (AvgIpc) is 2.66. The van der Waals surface area contributed by atoms with E-state index in [1.54, 1.807) is 6.33 Å². The maximum absolute atomic E-state index is 9.35. The molecule has 0 bridgehead atoms. The first-order valence-electron chi connectivity index (χ1n) is 5.62. The fraction of sp³-hybridized carbons (Fsp3) is 0.818. The first kappa shape index (κ1) is 12.2. The molecular weight excluding hydrogens is 190 g/mol. The summed E-state index contributed by atoms with van der Waals surface area (Å²) < 4.78 is 1.93. The number of rotatable bonds is 6. The van der Waals surface area contributed by atoms with Crippen LogP contribution < -0.4 is 0 Å². The van der Waals surface area contributed by atoms with Gasteiger partial charge in [0.15, 0.2) is 0 Å². The molecule has 0 fully saturated rings. The van der Waals surface area contributed by atoms with Gasteiger partial charge in [0.25, 0.3) is 0 Å². The Balaban J connectivity index is 2.74. The summed E-state index contributed by atoms with van der Waals surface area (Å²) >= 11 is 0. The predicted octanol–water partition coefficient (Wildman–Crippen LogP) is 1.64. The molecule has 0 aliphatic rings. The Bertz CT molecular complexity index is 292. The van der Waals surface area contributed by atoms with Crippen LogP contribution in [0.4, 0.5) is 0 Å². The van der Waals surface area contributed by atoms with Crippen molar-refractivity contribution in [3.05, 3.63) is 12.2 Å². The lowest BCUT2D eigenvalue weighted by atomic mass is 9.85.